The molecule has 5 heteroatoms. The van der Waals surface area contributed by atoms with E-state index in [1.54, 1.807) is 24.1 Å². The van der Waals surface area contributed by atoms with Crippen molar-refractivity contribution in [3.8, 4) is 0 Å². The normalized spacial score (nSPS) is 24.6. The Labute approximate surface area is 102 Å². The monoisotopic (exact) mass is 236 g/mol. The number of nitrogens with zero attached hydrogens (tertiary/aromatic N) is 2. The summed E-state index contributed by atoms with van der Waals surface area (Å²) in [7, 11) is 1.81. The number of aryl methyl sites for hydroxylation is 1. The van der Waals surface area contributed by atoms with Crippen molar-refractivity contribution in [1.82, 2.24) is 20.4 Å². The molecule has 1 aromatic rings. The first-order chi connectivity index (χ1) is 8.15. The van der Waals surface area contributed by atoms with Gasteiger partial charge in [-0.1, -0.05) is 6.42 Å². The maximum atomic E-state index is 11.8. The molecular formula is C12H20N4O. The molecule has 5 nitrogen and oxygen atoms in total. The van der Waals surface area contributed by atoms with Crippen LogP contribution in [0.5, 0.6) is 0 Å². The first kappa shape index (κ1) is 12.1. The molecular weight excluding hydrogens is 216 g/mol. The number of rotatable bonds is 3. The second kappa shape index (κ2) is 5.31. The summed E-state index contributed by atoms with van der Waals surface area (Å²) in [6, 6.07) is 0.961. The molecule has 1 aromatic heterocycles. The van der Waals surface area contributed by atoms with E-state index in [-0.39, 0.29) is 5.91 Å². The minimum atomic E-state index is -0.0434. The molecule has 0 radical (unpaired) electrons. The average molecular weight is 236 g/mol. The van der Waals surface area contributed by atoms with Gasteiger partial charge in [-0.15, -0.1) is 0 Å². The topological polar surface area (TPSA) is 59.0 Å². The molecule has 1 amide bonds. The molecule has 1 aliphatic heterocycles. The van der Waals surface area contributed by atoms with Gasteiger partial charge in [0.1, 0.15) is 0 Å². The van der Waals surface area contributed by atoms with Crippen LogP contribution in [0.3, 0.4) is 0 Å². The van der Waals surface area contributed by atoms with Crippen molar-refractivity contribution >= 4 is 5.91 Å². The maximum absolute atomic E-state index is 11.8. The van der Waals surface area contributed by atoms with Crippen LogP contribution in [-0.2, 0) is 7.05 Å². The van der Waals surface area contributed by atoms with Crippen molar-refractivity contribution in [2.24, 2.45) is 7.05 Å². The second-order valence-corrected chi connectivity index (χ2v) is 4.81. The molecule has 0 spiro atoms. The van der Waals surface area contributed by atoms with Crippen LogP contribution >= 0.6 is 0 Å². The molecule has 1 aliphatic rings. The Hall–Kier alpha value is -1.36. The Morgan fingerprint density at radius 1 is 1.65 bits per heavy atom. The SMILES string of the molecule is CC1CCCC(CNC(=O)c2cnn(C)c2)N1. The van der Waals surface area contributed by atoms with Gasteiger partial charge in [0.15, 0.2) is 0 Å². The van der Waals surface area contributed by atoms with Crippen molar-refractivity contribution in [2.75, 3.05) is 6.54 Å². The molecule has 2 unspecified atom stereocenters. The molecule has 0 bridgehead atoms. The Bertz CT molecular complexity index is 388. The molecule has 1 fully saturated rings. The summed E-state index contributed by atoms with van der Waals surface area (Å²) in [5.74, 6) is -0.0434. The van der Waals surface area contributed by atoms with Gasteiger partial charge in [0.2, 0.25) is 0 Å². The summed E-state index contributed by atoms with van der Waals surface area (Å²) >= 11 is 0. The minimum absolute atomic E-state index is 0.0434. The summed E-state index contributed by atoms with van der Waals surface area (Å²) in [6.07, 6.45) is 6.92. The molecule has 0 aromatic carbocycles. The van der Waals surface area contributed by atoms with E-state index in [1.165, 1.54) is 12.8 Å². The van der Waals surface area contributed by atoms with Gasteiger partial charge in [0.25, 0.3) is 5.91 Å². The van der Waals surface area contributed by atoms with Crippen LogP contribution in [0.1, 0.15) is 36.5 Å². The molecule has 0 aliphatic carbocycles. The third-order valence-corrected chi connectivity index (χ3v) is 3.19. The second-order valence-electron chi connectivity index (χ2n) is 4.81. The number of piperidine rings is 1. The third-order valence-electron chi connectivity index (χ3n) is 3.19. The highest BCUT2D eigenvalue weighted by molar-refractivity contribution is 5.93. The minimum Gasteiger partial charge on any atom is -0.350 e. The van der Waals surface area contributed by atoms with Crippen LogP contribution < -0.4 is 10.6 Å². The zero-order valence-electron chi connectivity index (χ0n) is 10.4. The quantitative estimate of drug-likeness (QED) is 0.811. The van der Waals surface area contributed by atoms with Crippen molar-refractivity contribution in [3.05, 3.63) is 18.0 Å². The smallest absolute Gasteiger partial charge is 0.254 e. The molecule has 94 valence electrons. The Morgan fingerprint density at radius 2 is 2.47 bits per heavy atom. The number of hydrogen-bond donors (Lipinski definition) is 2. The molecule has 0 saturated carbocycles. The van der Waals surface area contributed by atoms with E-state index >= 15 is 0 Å². The summed E-state index contributed by atoms with van der Waals surface area (Å²) in [4.78, 5) is 11.8. The summed E-state index contributed by atoms with van der Waals surface area (Å²) in [5.41, 5.74) is 0.622. The van der Waals surface area contributed by atoms with Gasteiger partial charge in [-0.05, 0) is 19.8 Å². The Morgan fingerprint density at radius 3 is 3.12 bits per heavy atom. The van der Waals surface area contributed by atoms with E-state index in [1.807, 2.05) is 0 Å². The van der Waals surface area contributed by atoms with Crippen molar-refractivity contribution < 1.29 is 4.79 Å². The molecule has 2 atom stereocenters. The Balaban J connectivity index is 1.80. The van der Waals surface area contributed by atoms with Crippen molar-refractivity contribution in [3.63, 3.8) is 0 Å². The van der Waals surface area contributed by atoms with E-state index in [2.05, 4.69) is 22.7 Å². The number of carbonyl (C=O) groups is 1. The average Bonchev–Trinajstić information content (AvgIpc) is 2.73. The van der Waals surface area contributed by atoms with E-state index in [9.17, 15) is 4.79 Å². The van der Waals surface area contributed by atoms with Gasteiger partial charge >= 0.3 is 0 Å². The fourth-order valence-corrected chi connectivity index (χ4v) is 2.26. The van der Waals surface area contributed by atoms with Crippen molar-refractivity contribution in [1.29, 1.82) is 0 Å². The first-order valence-electron chi connectivity index (χ1n) is 6.18. The van der Waals surface area contributed by atoms with Crippen LogP contribution in [0, 0.1) is 0 Å². The lowest BCUT2D eigenvalue weighted by Gasteiger charge is -2.28. The van der Waals surface area contributed by atoms with Gasteiger partial charge in [-0.25, -0.2) is 0 Å². The van der Waals surface area contributed by atoms with Gasteiger partial charge in [-0.3, -0.25) is 9.48 Å². The molecule has 17 heavy (non-hydrogen) atoms. The zero-order chi connectivity index (χ0) is 12.3. The van der Waals surface area contributed by atoms with Crippen LogP contribution in [0.15, 0.2) is 12.4 Å². The summed E-state index contributed by atoms with van der Waals surface area (Å²) in [6.45, 7) is 2.88. The van der Waals surface area contributed by atoms with Crippen LogP contribution in [0.4, 0.5) is 0 Å². The lowest BCUT2D eigenvalue weighted by atomic mass is 9.99. The van der Waals surface area contributed by atoms with Gasteiger partial charge in [0.05, 0.1) is 11.8 Å². The number of aromatic nitrogens is 2. The third kappa shape index (κ3) is 3.30. The van der Waals surface area contributed by atoms with Gasteiger partial charge in [-0.2, -0.15) is 5.10 Å². The van der Waals surface area contributed by atoms with Crippen LogP contribution in [0.25, 0.3) is 0 Å². The maximum Gasteiger partial charge on any atom is 0.254 e. The number of hydrogen-bond acceptors (Lipinski definition) is 3. The number of amides is 1. The molecule has 2 N–H and O–H groups in total. The highest BCUT2D eigenvalue weighted by Gasteiger charge is 2.18. The van der Waals surface area contributed by atoms with Crippen LogP contribution in [0.2, 0.25) is 0 Å². The predicted octanol–water partition coefficient (Wildman–Crippen LogP) is 0.680. The van der Waals surface area contributed by atoms with E-state index in [0.717, 1.165) is 6.42 Å². The summed E-state index contributed by atoms with van der Waals surface area (Å²) in [5, 5.41) is 10.4. The van der Waals surface area contributed by atoms with Gasteiger partial charge in [0, 0.05) is 31.9 Å². The highest BCUT2D eigenvalue weighted by Crippen LogP contribution is 2.11. The van der Waals surface area contributed by atoms with Crippen molar-refractivity contribution in [2.45, 2.75) is 38.3 Å². The fraction of sp³-hybridized carbons (Fsp3) is 0.667. The van der Waals surface area contributed by atoms with Gasteiger partial charge < -0.3 is 10.6 Å². The lowest BCUT2D eigenvalue weighted by Crippen LogP contribution is -2.47. The number of nitrogens with one attached hydrogen (secondary N) is 2. The highest BCUT2D eigenvalue weighted by atomic mass is 16.1. The molecule has 2 rings (SSSR count). The lowest BCUT2D eigenvalue weighted by molar-refractivity contribution is 0.0946. The summed E-state index contributed by atoms with van der Waals surface area (Å²) < 4.78 is 1.63. The number of carbonyl (C=O) groups excluding carboxylic acids is 1. The Kier molecular flexibility index (Phi) is 3.78. The van der Waals surface area contributed by atoms with E-state index in [0.29, 0.717) is 24.2 Å². The molecule has 2 heterocycles. The van der Waals surface area contributed by atoms with Crippen LogP contribution in [-0.4, -0.2) is 34.3 Å². The van der Waals surface area contributed by atoms with E-state index < -0.39 is 0 Å². The largest absolute Gasteiger partial charge is 0.350 e. The predicted molar refractivity (Wildman–Crippen MR) is 65.8 cm³/mol. The fourth-order valence-electron chi connectivity index (χ4n) is 2.26. The molecule has 1 saturated heterocycles. The standard InChI is InChI=1S/C12H20N4O/c1-9-4-3-5-11(15-9)7-13-12(17)10-6-14-16(2)8-10/h6,8-9,11,15H,3-5,7H2,1-2H3,(H,13,17). The zero-order valence-corrected chi connectivity index (χ0v) is 10.4. The van der Waals surface area contributed by atoms with E-state index in [4.69, 9.17) is 0 Å². The first-order valence-corrected chi connectivity index (χ1v) is 6.18.